The van der Waals surface area contributed by atoms with Gasteiger partial charge in [0.25, 0.3) is 0 Å². The summed E-state index contributed by atoms with van der Waals surface area (Å²) in [5.41, 5.74) is 2.39. The van der Waals surface area contributed by atoms with E-state index in [1.54, 1.807) is 6.20 Å². The predicted molar refractivity (Wildman–Crippen MR) is 66.8 cm³/mol. The van der Waals surface area contributed by atoms with Crippen molar-refractivity contribution in [1.82, 2.24) is 20.1 Å². The van der Waals surface area contributed by atoms with Crippen molar-refractivity contribution in [2.45, 2.75) is 12.6 Å². The van der Waals surface area contributed by atoms with Crippen molar-refractivity contribution in [2.75, 3.05) is 19.8 Å². The Hall–Kier alpha value is -1.72. The molecular weight excluding hydrogens is 228 g/mol. The molecule has 1 atom stereocenters. The Labute approximate surface area is 106 Å². The first-order chi connectivity index (χ1) is 8.93. The fraction of sp³-hybridized carbons (Fsp3) is 0.385. The van der Waals surface area contributed by atoms with E-state index < -0.39 is 0 Å². The fourth-order valence-corrected chi connectivity index (χ4v) is 2.29. The van der Waals surface area contributed by atoms with Crippen LogP contribution >= 0.6 is 0 Å². The molecule has 5 heteroatoms. The second-order valence-electron chi connectivity index (χ2n) is 4.43. The van der Waals surface area contributed by atoms with Gasteiger partial charge in [-0.1, -0.05) is 0 Å². The number of aromatic nitrogens is 3. The molecule has 94 valence electrons. The van der Waals surface area contributed by atoms with Crippen LogP contribution < -0.4 is 0 Å². The van der Waals surface area contributed by atoms with Gasteiger partial charge in [0.15, 0.2) is 0 Å². The molecule has 3 heterocycles. The Morgan fingerprint density at radius 3 is 2.94 bits per heavy atom. The molecule has 0 spiro atoms. The van der Waals surface area contributed by atoms with Crippen LogP contribution in [0.15, 0.2) is 36.8 Å². The predicted octanol–water partition coefficient (Wildman–Crippen LogP) is 1.38. The number of H-pyrrole nitrogens is 1. The Kier molecular flexibility index (Phi) is 3.34. The largest absolute Gasteiger partial charge is 0.378 e. The van der Waals surface area contributed by atoms with E-state index in [0.29, 0.717) is 6.61 Å². The van der Waals surface area contributed by atoms with Gasteiger partial charge in [0, 0.05) is 31.7 Å². The summed E-state index contributed by atoms with van der Waals surface area (Å²) >= 11 is 0. The monoisotopic (exact) mass is 244 g/mol. The van der Waals surface area contributed by atoms with Gasteiger partial charge in [-0.2, -0.15) is 5.10 Å². The molecule has 0 amide bonds. The summed E-state index contributed by atoms with van der Waals surface area (Å²) in [6.07, 6.45) is 5.45. The summed E-state index contributed by atoms with van der Waals surface area (Å²) in [6.45, 7) is 3.35. The average molecular weight is 244 g/mol. The summed E-state index contributed by atoms with van der Waals surface area (Å²) in [4.78, 5) is 6.46. The molecule has 3 rings (SSSR count). The first kappa shape index (κ1) is 11.4. The molecule has 1 unspecified atom stereocenters. The van der Waals surface area contributed by atoms with Crippen LogP contribution in [-0.4, -0.2) is 39.8 Å². The standard InChI is InChI=1S/C13H16N4O/c1-4-14-5-2-11(1)9-17-7-8-18-10-13(17)12-3-6-15-16-12/h1-6,13H,7-10H2,(H,15,16). The van der Waals surface area contributed by atoms with Crippen molar-refractivity contribution in [1.29, 1.82) is 0 Å². The van der Waals surface area contributed by atoms with Crippen molar-refractivity contribution in [2.24, 2.45) is 0 Å². The highest BCUT2D eigenvalue weighted by Gasteiger charge is 2.25. The van der Waals surface area contributed by atoms with E-state index in [0.717, 1.165) is 25.4 Å². The van der Waals surface area contributed by atoms with Gasteiger partial charge in [-0.3, -0.25) is 15.0 Å². The molecular formula is C13H16N4O. The van der Waals surface area contributed by atoms with Crippen LogP contribution in [-0.2, 0) is 11.3 Å². The van der Waals surface area contributed by atoms with Crippen molar-refractivity contribution in [3.05, 3.63) is 48.0 Å². The highest BCUT2D eigenvalue weighted by molar-refractivity contribution is 5.12. The zero-order valence-corrected chi connectivity index (χ0v) is 10.1. The van der Waals surface area contributed by atoms with Crippen LogP contribution in [0.25, 0.3) is 0 Å². The van der Waals surface area contributed by atoms with E-state index in [4.69, 9.17) is 4.74 Å². The van der Waals surface area contributed by atoms with Crippen molar-refractivity contribution in [3.8, 4) is 0 Å². The highest BCUT2D eigenvalue weighted by Crippen LogP contribution is 2.23. The molecule has 18 heavy (non-hydrogen) atoms. The Balaban J connectivity index is 1.76. The molecule has 1 fully saturated rings. The quantitative estimate of drug-likeness (QED) is 0.886. The topological polar surface area (TPSA) is 54.0 Å². The Morgan fingerprint density at radius 2 is 2.17 bits per heavy atom. The first-order valence-electron chi connectivity index (χ1n) is 6.13. The van der Waals surface area contributed by atoms with Gasteiger partial charge >= 0.3 is 0 Å². The zero-order valence-electron chi connectivity index (χ0n) is 10.1. The second-order valence-corrected chi connectivity index (χ2v) is 4.43. The van der Waals surface area contributed by atoms with Gasteiger partial charge in [-0.05, 0) is 23.8 Å². The Morgan fingerprint density at radius 1 is 1.28 bits per heavy atom. The summed E-state index contributed by atoms with van der Waals surface area (Å²) in [5.74, 6) is 0. The molecule has 0 radical (unpaired) electrons. The summed E-state index contributed by atoms with van der Waals surface area (Å²) in [6, 6.07) is 6.38. The van der Waals surface area contributed by atoms with E-state index in [9.17, 15) is 0 Å². The van der Waals surface area contributed by atoms with Crippen LogP contribution in [0.3, 0.4) is 0 Å². The average Bonchev–Trinajstić information content (AvgIpc) is 2.94. The number of aromatic amines is 1. The maximum Gasteiger partial charge on any atom is 0.0755 e. The minimum absolute atomic E-state index is 0.259. The number of morpholine rings is 1. The highest BCUT2D eigenvalue weighted by atomic mass is 16.5. The molecule has 1 saturated heterocycles. The molecule has 0 aromatic carbocycles. The number of nitrogens with zero attached hydrogens (tertiary/aromatic N) is 3. The molecule has 0 aliphatic carbocycles. The maximum atomic E-state index is 5.57. The summed E-state index contributed by atoms with van der Waals surface area (Å²) < 4.78 is 5.57. The molecule has 0 saturated carbocycles. The van der Waals surface area contributed by atoms with E-state index in [-0.39, 0.29) is 6.04 Å². The first-order valence-corrected chi connectivity index (χ1v) is 6.13. The molecule has 0 bridgehead atoms. The van der Waals surface area contributed by atoms with Gasteiger partial charge in [0.1, 0.15) is 0 Å². The Bertz CT molecular complexity index is 471. The number of nitrogens with one attached hydrogen (secondary N) is 1. The lowest BCUT2D eigenvalue weighted by Crippen LogP contribution is -2.39. The second kappa shape index (κ2) is 5.29. The smallest absolute Gasteiger partial charge is 0.0755 e. The molecule has 1 aliphatic heterocycles. The molecule has 2 aromatic rings. The minimum atomic E-state index is 0.259. The van der Waals surface area contributed by atoms with E-state index in [2.05, 4.69) is 32.2 Å². The van der Waals surface area contributed by atoms with Gasteiger partial charge in [-0.25, -0.2) is 0 Å². The molecule has 5 nitrogen and oxygen atoms in total. The minimum Gasteiger partial charge on any atom is -0.378 e. The maximum absolute atomic E-state index is 5.57. The van der Waals surface area contributed by atoms with E-state index >= 15 is 0 Å². The summed E-state index contributed by atoms with van der Waals surface area (Å²) in [7, 11) is 0. The van der Waals surface area contributed by atoms with Crippen LogP contribution in [0.4, 0.5) is 0 Å². The van der Waals surface area contributed by atoms with Crippen LogP contribution in [0.5, 0.6) is 0 Å². The third kappa shape index (κ3) is 2.42. The normalized spacial score (nSPS) is 21.0. The van der Waals surface area contributed by atoms with Gasteiger partial charge < -0.3 is 4.74 Å². The van der Waals surface area contributed by atoms with Crippen molar-refractivity contribution < 1.29 is 4.74 Å². The fourth-order valence-electron chi connectivity index (χ4n) is 2.29. The van der Waals surface area contributed by atoms with Gasteiger partial charge in [0.2, 0.25) is 0 Å². The number of ether oxygens (including phenoxy) is 1. The number of hydrogen-bond donors (Lipinski definition) is 1. The van der Waals surface area contributed by atoms with Crippen LogP contribution in [0.1, 0.15) is 17.3 Å². The van der Waals surface area contributed by atoms with Gasteiger partial charge in [0.05, 0.1) is 24.9 Å². The third-order valence-corrected chi connectivity index (χ3v) is 3.26. The number of pyridine rings is 1. The van der Waals surface area contributed by atoms with Crippen LogP contribution in [0, 0.1) is 0 Å². The third-order valence-electron chi connectivity index (χ3n) is 3.26. The van der Waals surface area contributed by atoms with Crippen molar-refractivity contribution in [3.63, 3.8) is 0 Å². The number of hydrogen-bond acceptors (Lipinski definition) is 4. The van der Waals surface area contributed by atoms with E-state index in [1.807, 2.05) is 18.5 Å². The van der Waals surface area contributed by atoms with Crippen LogP contribution in [0.2, 0.25) is 0 Å². The molecule has 1 N–H and O–H groups in total. The van der Waals surface area contributed by atoms with E-state index in [1.165, 1.54) is 5.56 Å². The van der Waals surface area contributed by atoms with Gasteiger partial charge in [-0.15, -0.1) is 0 Å². The van der Waals surface area contributed by atoms with Crippen molar-refractivity contribution >= 4 is 0 Å². The zero-order chi connectivity index (χ0) is 12.2. The molecule has 1 aliphatic rings. The lowest BCUT2D eigenvalue weighted by molar-refractivity contribution is -0.0142. The summed E-state index contributed by atoms with van der Waals surface area (Å²) in [5, 5.41) is 7.06. The SMILES string of the molecule is c1cc(CN2CCOCC2c2ccn[nH]2)ccn1. The lowest BCUT2D eigenvalue weighted by Gasteiger charge is -2.34. The lowest BCUT2D eigenvalue weighted by atomic mass is 10.1. The number of rotatable bonds is 3. The molecule has 2 aromatic heterocycles.